The van der Waals surface area contributed by atoms with Gasteiger partial charge in [0.25, 0.3) is 0 Å². The summed E-state index contributed by atoms with van der Waals surface area (Å²) in [5.41, 5.74) is 5.95. The van der Waals surface area contributed by atoms with Gasteiger partial charge in [-0.25, -0.2) is 8.91 Å². The summed E-state index contributed by atoms with van der Waals surface area (Å²) < 4.78 is 28.7. The van der Waals surface area contributed by atoms with Crippen molar-refractivity contribution in [2.45, 2.75) is 91.8 Å². The lowest BCUT2D eigenvalue weighted by molar-refractivity contribution is -0.136. The minimum absolute atomic E-state index is 0.0553. The molecule has 254 valence electrons. The fourth-order valence-corrected chi connectivity index (χ4v) is 5.89. The molecule has 2 N–H and O–H groups in total. The van der Waals surface area contributed by atoms with Crippen LogP contribution >= 0.6 is 0 Å². The van der Waals surface area contributed by atoms with Gasteiger partial charge < -0.3 is 24.6 Å². The monoisotopic (exact) mass is 647 g/mol. The number of hydrogen-bond donors (Lipinski definition) is 2. The van der Waals surface area contributed by atoms with Gasteiger partial charge in [-0.2, -0.15) is 5.10 Å². The molecule has 0 amide bonds. The molecule has 6 bridgehead atoms. The molecule has 4 aromatic rings. The van der Waals surface area contributed by atoms with E-state index in [-0.39, 0.29) is 17.8 Å². The van der Waals surface area contributed by atoms with Crippen LogP contribution < -0.4 is 9.64 Å². The average Bonchev–Trinajstić information content (AvgIpc) is 3.44. The van der Waals surface area contributed by atoms with Gasteiger partial charge in [0.1, 0.15) is 11.6 Å². The van der Waals surface area contributed by atoms with E-state index in [0.717, 1.165) is 77.9 Å². The highest BCUT2D eigenvalue weighted by molar-refractivity contribution is 5.86. The molecule has 0 radical (unpaired) electrons. The molecule has 3 aliphatic rings. The fraction of sp³-hybridized carbons (Fsp3) is 0.474. The standard InChI is InChI=1S/C32H34FN3O4.C4H10O.C2H6/c1-21-20-36-28-19-27(34-36)23-7-5-6-22(16-23)26-17-24(33)8-9-29(26)39-14-3-4-15-40-32(2)10-12-35(13-11-32)31(28)25(21)18-30(37)38;1-4(2,3)5;1-2/h5-9,16-17,19-20H,3-4,10-15,18H2,1-2H3,(H,37,38);5H,1-3H3;1-2H3. The van der Waals surface area contributed by atoms with Gasteiger partial charge in [-0.15, -0.1) is 0 Å². The Hall–Kier alpha value is -3.95. The molecule has 1 saturated heterocycles. The van der Waals surface area contributed by atoms with Crippen LogP contribution in [-0.2, 0) is 16.0 Å². The Morgan fingerprint density at radius 3 is 2.36 bits per heavy atom. The highest BCUT2D eigenvalue weighted by atomic mass is 19.1. The molecule has 5 heterocycles. The Labute approximate surface area is 278 Å². The molecule has 8 nitrogen and oxygen atoms in total. The summed E-state index contributed by atoms with van der Waals surface area (Å²) >= 11 is 0. The molecular weight excluding hydrogens is 597 g/mol. The number of halogens is 1. The number of carboxylic acids is 1. The van der Waals surface area contributed by atoms with E-state index in [0.29, 0.717) is 24.5 Å². The van der Waals surface area contributed by atoms with E-state index in [4.69, 9.17) is 19.7 Å². The molecule has 2 aromatic heterocycles. The number of carbonyl (C=O) groups is 1. The molecule has 3 aliphatic heterocycles. The first-order valence-corrected chi connectivity index (χ1v) is 16.7. The van der Waals surface area contributed by atoms with Crippen LogP contribution in [0.3, 0.4) is 0 Å². The zero-order chi connectivity index (χ0) is 34.4. The smallest absolute Gasteiger partial charge is 0.307 e. The number of hydrogen-bond acceptors (Lipinski definition) is 6. The van der Waals surface area contributed by atoms with E-state index in [1.807, 2.05) is 61.8 Å². The van der Waals surface area contributed by atoms with Crippen molar-refractivity contribution in [1.29, 1.82) is 0 Å². The van der Waals surface area contributed by atoms with Crippen LogP contribution in [0, 0.1) is 12.7 Å². The maximum atomic E-state index is 14.4. The largest absolute Gasteiger partial charge is 0.493 e. The maximum absolute atomic E-state index is 14.4. The number of anilines is 1. The average molecular weight is 648 g/mol. The third-order valence-corrected chi connectivity index (χ3v) is 8.18. The minimum Gasteiger partial charge on any atom is -0.493 e. The highest BCUT2D eigenvalue weighted by Gasteiger charge is 2.33. The number of aliphatic carboxylic acids is 1. The predicted octanol–water partition coefficient (Wildman–Crippen LogP) is 8.09. The van der Waals surface area contributed by atoms with Crippen molar-refractivity contribution in [3.05, 3.63) is 71.7 Å². The Bertz CT molecular complexity index is 1660. The normalized spacial score (nSPS) is 16.0. The lowest BCUT2D eigenvalue weighted by atomic mass is 9.92. The number of aromatic nitrogens is 2. The summed E-state index contributed by atoms with van der Waals surface area (Å²) in [6.07, 6.45) is 5.24. The molecule has 2 aromatic carbocycles. The van der Waals surface area contributed by atoms with Crippen LogP contribution in [0.4, 0.5) is 10.1 Å². The molecule has 0 unspecified atom stereocenters. The molecule has 0 aliphatic carbocycles. The number of aryl methyl sites for hydroxylation is 1. The number of aliphatic hydroxyl groups is 1. The molecule has 1 fully saturated rings. The second-order valence-corrected chi connectivity index (χ2v) is 13.3. The van der Waals surface area contributed by atoms with E-state index in [1.54, 1.807) is 26.8 Å². The van der Waals surface area contributed by atoms with Crippen LogP contribution in [0.15, 0.2) is 54.7 Å². The molecular formula is C38H50FN3O5. The van der Waals surface area contributed by atoms with E-state index in [9.17, 15) is 14.3 Å². The molecule has 47 heavy (non-hydrogen) atoms. The first-order valence-electron chi connectivity index (χ1n) is 16.7. The van der Waals surface area contributed by atoms with Gasteiger partial charge in [-0.1, -0.05) is 32.0 Å². The van der Waals surface area contributed by atoms with E-state index < -0.39 is 11.6 Å². The fourth-order valence-electron chi connectivity index (χ4n) is 5.89. The number of fused-ring (bicyclic) bond motifs is 7. The van der Waals surface area contributed by atoms with Crippen LogP contribution in [0.1, 0.15) is 78.4 Å². The lowest BCUT2D eigenvalue weighted by Gasteiger charge is -2.41. The minimum atomic E-state index is -0.857. The number of ether oxygens (including phenoxy) is 2. The number of pyridine rings is 1. The predicted molar refractivity (Wildman–Crippen MR) is 186 cm³/mol. The third-order valence-electron chi connectivity index (χ3n) is 8.18. The van der Waals surface area contributed by atoms with Gasteiger partial charge in [-0.3, -0.25) is 4.79 Å². The van der Waals surface area contributed by atoms with Gasteiger partial charge in [0.05, 0.1) is 41.1 Å². The first-order chi connectivity index (χ1) is 22.3. The third kappa shape index (κ3) is 9.32. The van der Waals surface area contributed by atoms with Crippen molar-refractivity contribution in [2.24, 2.45) is 0 Å². The van der Waals surface area contributed by atoms with Gasteiger partial charge in [0, 0.05) is 37.0 Å². The van der Waals surface area contributed by atoms with Gasteiger partial charge in [0.2, 0.25) is 0 Å². The second-order valence-electron chi connectivity index (χ2n) is 13.3. The van der Waals surface area contributed by atoms with Crippen LogP contribution in [0.25, 0.3) is 27.9 Å². The Kier molecular flexibility index (Phi) is 11.7. The van der Waals surface area contributed by atoms with Crippen LogP contribution in [0.5, 0.6) is 5.75 Å². The van der Waals surface area contributed by atoms with Crippen molar-refractivity contribution in [1.82, 2.24) is 9.61 Å². The van der Waals surface area contributed by atoms with Crippen molar-refractivity contribution in [3.8, 4) is 28.1 Å². The summed E-state index contributed by atoms with van der Waals surface area (Å²) in [7, 11) is 0. The number of piperidine rings is 1. The zero-order valence-corrected chi connectivity index (χ0v) is 28.9. The molecule has 9 heteroatoms. The molecule has 7 rings (SSSR count). The Morgan fingerprint density at radius 1 is 1.02 bits per heavy atom. The van der Waals surface area contributed by atoms with Crippen molar-refractivity contribution in [2.75, 3.05) is 31.2 Å². The summed E-state index contributed by atoms with van der Waals surface area (Å²) in [5, 5.41) is 23.2. The molecule has 0 atom stereocenters. The summed E-state index contributed by atoms with van der Waals surface area (Å²) in [4.78, 5) is 14.2. The van der Waals surface area contributed by atoms with Crippen molar-refractivity contribution >= 4 is 17.2 Å². The van der Waals surface area contributed by atoms with E-state index >= 15 is 0 Å². The topological polar surface area (TPSA) is 96.5 Å². The van der Waals surface area contributed by atoms with Gasteiger partial charge in [-0.05, 0) is 107 Å². The number of carboxylic acid groups (broad SMARTS) is 1. The SMILES string of the molecule is CC.CC(C)(C)O.Cc1cn2nc3cc2c(c1CC(=O)O)N1CCC(C)(CC1)OCCCCOc1ccc(F)cc1-c1cccc-3c1. The van der Waals surface area contributed by atoms with Crippen molar-refractivity contribution in [3.63, 3.8) is 0 Å². The Balaban J connectivity index is 0.000000655. The summed E-state index contributed by atoms with van der Waals surface area (Å²) in [6.45, 7) is 16.0. The second kappa shape index (κ2) is 15.3. The number of rotatable bonds is 2. The van der Waals surface area contributed by atoms with Gasteiger partial charge >= 0.3 is 5.97 Å². The van der Waals surface area contributed by atoms with E-state index in [1.165, 1.54) is 12.1 Å². The van der Waals surface area contributed by atoms with Crippen molar-refractivity contribution < 1.29 is 28.9 Å². The Morgan fingerprint density at radius 2 is 1.68 bits per heavy atom. The van der Waals surface area contributed by atoms with E-state index in [2.05, 4.69) is 11.8 Å². The maximum Gasteiger partial charge on any atom is 0.307 e. The molecule has 0 saturated carbocycles. The van der Waals surface area contributed by atoms with Crippen LogP contribution in [-0.4, -0.2) is 63.3 Å². The quantitative estimate of drug-likeness (QED) is 0.227. The first kappa shape index (κ1) is 35.9. The summed E-state index contributed by atoms with van der Waals surface area (Å²) in [6, 6.07) is 14.5. The number of nitrogens with zero attached hydrogens (tertiary/aromatic N) is 3. The highest BCUT2D eigenvalue weighted by Crippen LogP contribution is 2.38. The lowest BCUT2D eigenvalue weighted by Crippen LogP contribution is -2.45. The van der Waals surface area contributed by atoms with Gasteiger partial charge in [0.15, 0.2) is 0 Å². The number of benzene rings is 2. The zero-order valence-electron chi connectivity index (χ0n) is 28.9. The van der Waals surface area contributed by atoms with Crippen LogP contribution in [0.2, 0.25) is 0 Å². The summed E-state index contributed by atoms with van der Waals surface area (Å²) in [5.74, 6) is -0.539. The molecule has 0 spiro atoms.